The Morgan fingerprint density at radius 2 is 1.93 bits per heavy atom. The highest BCUT2D eigenvalue weighted by atomic mass is 16.5. The second-order valence-electron chi connectivity index (χ2n) is 7.24. The number of H-pyrrole nitrogens is 1. The molecule has 2 aromatic heterocycles. The molecule has 150 valence electrons. The number of benzene rings is 1. The molecule has 3 aromatic rings. The third kappa shape index (κ3) is 3.91. The Kier molecular flexibility index (Phi) is 5.16. The molecule has 1 amide bonds. The van der Waals surface area contributed by atoms with Crippen molar-refractivity contribution in [1.82, 2.24) is 19.9 Å². The maximum Gasteiger partial charge on any atom is 0.260 e. The minimum Gasteiger partial charge on any atom is -0.474 e. The standard InChI is InChI=1S/C21H23N5O3/c1-14(2)29-20-17-12-15(5-6-18(17)23-13-24-20)25-8-10-26(11-9-25)21(28)16-4-3-7-22-19(16)27/h3-7,12-14H,8-11H2,1-2H3,(H,22,27). The van der Waals surface area contributed by atoms with Gasteiger partial charge in [0.05, 0.1) is 17.0 Å². The number of rotatable bonds is 4. The van der Waals surface area contributed by atoms with Gasteiger partial charge in [0.25, 0.3) is 11.5 Å². The largest absolute Gasteiger partial charge is 0.474 e. The van der Waals surface area contributed by atoms with Gasteiger partial charge in [-0.05, 0) is 44.2 Å². The lowest BCUT2D eigenvalue weighted by Crippen LogP contribution is -2.49. The molecule has 1 aromatic carbocycles. The summed E-state index contributed by atoms with van der Waals surface area (Å²) < 4.78 is 5.82. The number of carbonyl (C=O) groups is 1. The number of amides is 1. The van der Waals surface area contributed by atoms with E-state index in [1.165, 1.54) is 12.5 Å². The molecule has 1 fully saturated rings. The van der Waals surface area contributed by atoms with Crippen LogP contribution in [-0.2, 0) is 0 Å². The fourth-order valence-corrected chi connectivity index (χ4v) is 3.46. The van der Waals surface area contributed by atoms with Crippen LogP contribution in [0, 0.1) is 0 Å². The average Bonchev–Trinajstić information content (AvgIpc) is 2.73. The first kappa shape index (κ1) is 18.9. The number of nitrogens with zero attached hydrogens (tertiary/aromatic N) is 4. The van der Waals surface area contributed by atoms with Crippen molar-refractivity contribution in [2.75, 3.05) is 31.1 Å². The van der Waals surface area contributed by atoms with Gasteiger partial charge in [0.2, 0.25) is 5.88 Å². The van der Waals surface area contributed by atoms with Crippen LogP contribution in [-0.4, -0.2) is 58.0 Å². The van der Waals surface area contributed by atoms with Crippen molar-refractivity contribution in [1.29, 1.82) is 0 Å². The van der Waals surface area contributed by atoms with E-state index in [4.69, 9.17) is 4.74 Å². The summed E-state index contributed by atoms with van der Waals surface area (Å²) in [6.45, 7) is 6.38. The minimum absolute atomic E-state index is 0.0208. The molecule has 0 atom stereocenters. The number of pyridine rings is 1. The molecule has 1 saturated heterocycles. The maximum atomic E-state index is 12.6. The van der Waals surface area contributed by atoms with Crippen molar-refractivity contribution >= 4 is 22.5 Å². The minimum atomic E-state index is -0.354. The monoisotopic (exact) mass is 393 g/mol. The van der Waals surface area contributed by atoms with Gasteiger partial charge in [0, 0.05) is 38.1 Å². The number of nitrogens with one attached hydrogen (secondary N) is 1. The smallest absolute Gasteiger partial charge is 0.260 e. The van der Waals surface area contributed by atoms with Crippen LogP contribution in [0.2, 0.25) is 0 Å². The van der Waals surface area contributed by atoms with Crippen LogP contribution >= 0.6 is 0 Å². The van der Waals surface area contributed by atoms with Gasteiger partial charge < -0.3 is 19.5 Å². The Hall–Kier alpha value is -3.42. The van der Waals surface area contributed by atoms with E-state index >= 15 is 0 Å². The van der Waals surface area contributed by atoms with Gasteiger partial charge in [-0.25, -0.2) is 9.97 Å². The predicted octanol–water partition coefficient (Wildman–Crippen LogP) is 2.07. The maximum absolute atomic E-state index is 12.6. The van der Waals surface area contributed by atoms with E-state index in [2.05, 4.69) is 19.9 Å². The van der Waals surface area contributed by atoms with Crippen molar-refractivity contribution in [2.45, 2.75) is 20.0 Å². The van der Waals surface area contributed by atoms with Crippen molar-refractivity contribution in [3.63, 3.8) is 0 Å². The molecule has 0 bridgehead atoms. The molecule has 8 nitrogen and oxygen atoms in total. The van der Waals surface area contributed by atoms with Crippen LogP contribution in [0.4, 0.5) is 5.69 Å². The normalized spacial score (nSPS) is 14.4. The summed E-state index contributed by atoms with van der Waals surface area (Å²) >= 11 is 0. The van der Waals surface area contributed by atoms with Gasteiger partial charge in [-0.3, -0.25) is 9.59 Å². The highest BCUT2D eigenvalue weighted by Gasteiger charge is 2.24. The van der Waals surface area contributed by atoms with E-state index in [0.717, 1.165) is 16.6 Å². The van der Waals surface area contributed by atoms with Gasteiger partial charge in [0.1, 0.15) is 11.9 Å². The number of aromatic amines is 1. The number of hydrogen-bond donors (Lipinski definition) is 1. The number of carbonyl (C=O) groups excluding carboxylic acids is 1. The number of anilines is 1. The van der Waals surface area contributed by atoms with E-state index in [-0.39, 0.29) is 23.1 Å². The van der Waals surface area contributed by atoms with Crippen molar-refractivity contribution < 1.29 is 9.53 Å². The molecular weight excluding hydrogens is 370 g/mol. The van der Waals surface area contributed by atoms with E-state index in [0.29, 0.717) is 32.1 Å². The summed E-state index contributed by atoms with van der Waals surface area (Å²) in [6, 6.07) is 9.24. The lowest BCUT2D eigenvalue weighted by atomic mass is 10.1. The van der Waals surface area contributed by atoms with Gasteiger partial charge >= 0.3 is 0 Å². The second kappa shape index (κ2) is 7.90. The Morgan fingerprint density at radius 3 is 2.66 bits per heavy atom. The fourth-order valence-electron chi connectivity index (χ4n) is 3.46. The van der Waals surface area contributed by atoms with E-state index in [9.17, 15) is 9.59 Å². The molecule has 0 spiro atoms. The summed E-state index contributed by atoms with van der Waals surface area (Å²) in [7, 11) is 0. The lowest BCUT2D eigenvalue weighted by Gasteiger charge is -2.36. The Balaban J connectivity index is 1.51. The van der Waals surface area contributed by atoms with Gasteiger partial charge in [-0.15, -0.1) is 0 Å². The summed E-state index contributed by atoms with van der Waals surface area (Å²) in [6.07, 6.45) is 3.06. The molecule has 0 radical (unpaired) electrons. The van der Waals surface area contributed by atoms with Crippen LogP contribution in [0.3, 0.4) is 0 Å². The average molecular weight is 393 g/mol. The quantitative estimate of drug-likeness (QED) is 0.730. The van der Waals surface area contributed by atoms with Gasteiger partial charge in [-0.2, -0.15) is 0 Å². The highest BCUT2D eigenvalue weighted by molar-refractivity contribution is 5.94. The van der Waals surface area contributed by atoms with E-state index < -0.39 is 0 Å². The molecule has 8 heteroatoms. The fraction of sp³-hybridized carbons (Fsp3) is 0.333. The first-order valence-corrected chi connectivity index (χ1v) is 9.66. The molecule has 1 N–H and O–H groups in total. The van der Waals surface area contributed by atoms with Crippen LogP contribution in [0.15, 0.2) is 47.7 Å². The van der Waals surface area contributed by atoms with Gasteiger partial charge in [-0.1, -0.05) is 0 Å². The topological polar surface area (TPSA) is 91.4 Å². The third-order valence-corrected chi connectivity index (χ3v) is 4.91. The predicted molar refractivity (Wildman–Crippen MR) is 110 cm³/mol. The zero-order chi connectivity index (χ0) is 20.4. The highest BCUT2D eigenvalue weighted by Crippen LogP contribution is 2.28. The van der Waals surface area contributed by atoms with E-state index in [1.807, 2.05) is 32.0 Å². The molecule has 0 aliphatic carbocycles. The molecule has 0 saturated carbocycles. The summed E-state index contributed by atoms with van der Waals surface area (Å²) in [5, 5.41) is 0.869. The third-order valence-electron chi connectivity index (χ3n) is 4.91. The molecule has 1 aliphatic heterocycles. The summed E-state index contributed by atoms with van der Waals surface area (Å²) in [4.78, 5) is 39.6. The van der Waals surface area contributed by atoms with Crippen molar-refractivity contribution in [3.8, 4) is 5.88 Å². The van der Waals surface area contributed by atoms with Crippen LogP contribution in [0.5, 0.6) is 5.88 Å². The zero-order valence-corrected chi connectivity index (χ0v) is 16.5. The second-order valence-corrected chi connectivity index (χ2v) is 7.24. The molecule has 1 aliphatic rings. The zero-order valence-electron chi connectivity index (χ0n) is 16.5. The SMILES string of the molecule is CC(C)Oc1ncnc2ccc(N3CCN(C(=O)c4ccc[nH]c4=O)CC3)cc12. The van der Waals surface area contributed by atoms with Crippen LogP contribution in [0.25, 0.3) is 10.9 Å². The van der Waals surface area contributed by atoms with Crippen molar-refractivity contribution in [2.24, 2.45) is 0 Å². The first-order chi connectivity index (χ1) is 14.0. The number of aromatic nitrogens is 3. The van der Waals surface area contributed by atoms with Gasteiger partial charge in [0.15, 0.2) is 0 Å². The number of fused-ring (bicyclic) bond motifs is 1. The number of piperazine rings is 1. The summed E-state index contributed by atoms with van der Waals surface area (Å²) in [5.41, 5.74) is 1.69. The Labute approximate surface area is 168 Å². The number of hydrogen-bond acceptors (Lipinski definition) is 6. The molecule has 0 unspecified atom stereocenters. The molecule has 29 heavy (non-hydrogen) atoms. The Bertz CT molecular complexity index is 1090. The number of ether oxygens (including phenoxy) is 1. The first-order valence-electron chi connectivity index (χ1n) is 9.66. The van der Waals surface area contributed by atoms with Crippen molar-refractivity contribution in [3.05, 3.63) is 58.8 Å². The van der Waals surface area contributed by atoms with E-state index in [1.54, 1.807) is 17.0 Å². The molecular formula is C21H23N5O3. The summed E-state index contributed by atoms with van der Waals surface area (Å²) in [5.74, 6) is 0.343. The van der Waals surface area contributed by atoms with Crippen LogP contribution in [0.1, 0.15) is 24.2 Å². The van der Waals surface area contributed by atoms with Crippen LogP contribution < -0.4 is 15.2 Å². The lowest BCUT2D eigenvalue weighted by molar-refractivity contribution is 0.0745. The molecule has 3 heterocycles. The molecule has 4 rings (SSSR count). The Morgan fingerprint density at radius 1 is 1.14 bits per heavy atom.